The van der Waals surface area contributed by atoms with E-state index in [4.69, 9.17) is 5.26 Å². The first-order valence-corrected chi connectivity index (χ1v) is 6.59. The van der Waals surface area contributed by atoms with Gasteiger partial charge >= 0.3 is 0 Å². The Bertz CT molecular complexity index is 785. The summed E-state index contributed by atoms with van der Waals surface area (Å²) >= 11 is 0. The zero-order chi connectivity index (χ0) is 13.9. The smallest absolute Gasteiger partial charge is 0.264 e. The van der Waals surface area contributed by atoms with Crippen molar-refractivity contribution >= 4 is 15.8 Å². The third-order valence-corrected chi connectivity index (χ3v) is 3.63. The molecule has 2 aromatic rings. The van der Waals surface area contributed by atoms with Gasteiger partial charge in [0.2, 0.25) is 0 Å². The van der Waals surface area contributed by atoms with Gasteiger partial charge in [-0.3, -0.25) is 9.52 Å². The van der Waals surface area contributed by atoms with Crippen LogP contribution in [0.4, 0.5) is 5.82 Å². The summed E-state index contributed by atoms with van der Waals surface area (Å²) in [4.78, 5) is 10.7. The fourth-order valence-electron chi connectivity index (χ4n) is 1.39. The van der Waals surface area contributed by atoms with E-state index in [0.717, 1.165) is 6.07 Å². The Hall–Kier alpha value is -2.66. The second-order valence-corrected chi connectivity index (χ2v) is 5.17. The van der Waals surface area contributed by atoms with Crippen LogP contribution in [-0.4, -0.2) is 18.6 Å². The van der Waals surface area contributed by atoms with E-state index in [1.807, 2.05) is 0 Å². The summed E-state index contributed by atoms with van der Waals surface area (Å²) in [5, 5.41) is 14.5. The molecule has 0 aliphatic heterocycles. The van der Waals surface area contributed by atoms with E-state index >= 15 is 0 Å². The van der Waals surface area contributed by atoms with Crippen LogP contribution in [0.5, 0.6) is 0 Å². The van der Waals surface area contributed by atoms with Crippen molar-refractivity contribution in [3.63, 3.8) is 0 Å². The molecule has 0 amide bonds. The van der Waals surface area contributed by atoms with Gasteiger partial charge in [-0.25, -0.2) is 13.5 Å². The third-order valence-electron chi connectivity index (χ3n) is 2.22. The quantitative estimate of drug-likeness (QED) is 0.844. The molecule has 0 aliphatic carbocycles. The lowest BCUT2D eigenvalue weighted by Crippen LogP contribution is -2.17. The second kappa shape index (κ2) is 4.91. The number of benzene rings is 1. The predicted octanol–water partition coefficient (Wildman–Crippen LogP) is 0.442. The maximum Gasteiger partial charge on any atom is 0.264 e. The Morgan fingerprint density at radius 2 is 1.95 bits per heavy atom. The Morgan fingerprint density at radius 1 is 1.21 bits per heavy atom. The van der Waals surface area contributed by atoms with Gasteiger partial charge in [0.05, 0.1) is 5.56 Å². The number of nitrogens with one attached hydrogen (secondary N) is 2. The van der Waals surface area contributed by atoms with Crippen molar-refractivity contribution in [2.24, 2.45) is 0 Å². The van der Waals surface area contributed by atoms with Gasteiger partial charge in [-0.2, -0.15) is 10.4 Å². The fraction of sp³-hybridized carbons (Fsp3) is 0. The van der Waals surface area contributed by atoms with Gasteiger partial charge in [-0.05, 0) is 18.2 Å². The number of nitriles is 1. The summed E-state index contributed by atoms with van der Waals surface area (Å²) < 4.78 is 26.3. The van der Waals surface area contributed by atoms with Gasteiger partial charge in [0.25, 0.3) is 15.6 Å². The standard InChI is InChI=1S/C11H8N4O3S/c12-7-8-3-1-2-4-9(8)19(17,18)15-10-5-6-11(16)14-13-10/h1-6H,(H,13,15)(H,14,16). The lowest BCUT2D eigenvalue weighted by molar-refractivity contribution is 0.600. The van der Waals surface area contributed by atoms with E-state index in [0.29, 0.717) is 0 Å². The molecule has 1 aromatic heterocycles. The lowest BCUT2D eigenvalue weighted by Gasteiger charge is -2.07. The molecule has 19 heavy (non-hydrogen) atoms. The second-order valence-electron chi connectivity index (χ2n) is 3.52. The summed E-state index contributed by atoms with van der Waals surface area (Å²) in [5.74, 6) is -0.0349. The highest BCUT2D eigenvalue weighted by Crippen LogP contribution is 2.17. The van der Waals surface area contributed by atoms with Crippen LogP contribution in [0, 0.1) is 11.3 Å². The summed E-state index contributed by atoms with van der Waals surface area (Å²) in [6.45, 7) is 0. The number of hydrogen-bond acceptors (Lipinski definition) is 5. The Labute approximate surface area is 108 Å². The van der Waals surface area contributed by atoms with E-state index in [-0.39, 0.29) is 16.3 Å². The molecule has 96 valence electrons. The Morgan fingerprint density at radius 3 is 2.58 bits per heavy atom. The van der Waals surface area contributed by atoms with Gasteiger partial charge in [0.15, 0.2) is 5.82 Å². The topological polar surface area (TPSA) is 116 Å². The largest absolute Gasteiger partial charge is 0.268 e. The molecule has 2 N–H and O–H groups in total. The predicted molar refractivity (Wildman–Crippen MR) is 66.8 cm³/mol. The molecule has 0 atom stereocenters. The normalized spacial score (nSPS) is 10.7. The molecule has 1 heterocycles. The summed E-state index contributed by atoms with van der Waals surface area (Å²) in [7, 11) is -3.93. The van der Waals surface area contributed by atoms with E-state index in [1.165, 1.54) is 24.3 Å². The highest BCUT2D eigenvalue weighted by atomic mass is 32.2. The molecule has 0 spiro atoms. The van der Waals surface area contributed by atoms with Gasteiger partial charge in [-0.15, -0.1) is 0 Å². The van der Waals surface area contributed by atoms with Gasteiger partial charge in [-0.1, -0.05) is 12.1 Å². The first-order chi connectivity index (χ1) is 9.03. The van der Waals surface area contributed by atoms with Crippen molar-refractivity contribution in [3.8, 4) is 6.07 Å². The Balaban J connectivity index is 2.41. The fourth-order valence-corrected chi connectivity index (χ4v) is 2.55. The van der Waals surface area contributed by atoms with Crippen LogP contribution < -0.4 is 10.3 Å². The monoisotopic (exact) mass is 276 g/mol. The third kappa shape index (κ3) is 2.78. The number of H-pyrrole nitrogens is 1. The molecular weight excluding hydrogens is 268 g/mol. The van der Waals surface area contributed by atoms with E-state index in [2.05, 4.69) is 14.9 Å². The minimum Gasteiger partial charge on any atom is -0.268 e. The molecule has 0 bridgehead atoms. The van der Waals surface area contributed by atoms with Gasteiger partial charge < -0.3 is 0 Å². The minimum atomic E-state index is -3.93. The lowest BCUT2D eigenvalue weighted by atomic mass is 10.2. The first kappa shape index (κ1) is 12.8. The Kier molecular flexibility index (Phi) is 3.31. The van der Waals surface area contributed by atoms with Crippen molar-refractivity contribution in [2.45, 2.75) is 4.90 Å². The average Bonchev–Trinajstić information content (AvgIpc) is 2.41. The summed E-state index contributed by atoms with van der Waals surface area (Å²) in [5.41, 5.74) is -0.417. The first-order valence-electron chi connectivity index (χ1n) is 5.10. The van der Waals surface area contributed by atoms with Crippen molar-refractivity contribution in [3.05, 3.63) is 52.3 Å². The van der Waals surface area contributed by atoms with E-state index in [1.54, 1.807) is 12.1 Å². The summed E-state index contributed by atoms with van der Waals surface area (Å²) in [6, 6.07) is 9.95. The van der Waals surface area contributed by atoms with Crippen molar-refractivity contribution < 1.29 is 8.42 Å². The van der Waals surface area contributed by atoms with Crippen LogP contribution in [0.2, 0.25) is 0 Å². The SMILES string of the molecule is N#Cc1ccccc1S(=O)(=O)Nc1ccc(=O)[nH]n1. The van der Waals surface area contributed by atoms with E-state index in [9.17, 15) is 13.2 Å². The van der Waals surface area contributed by atoms with Crippen LogP contribution >= 0.6 is 0 Å². The molecule has 0 radical (unpaired) electrons. The number of sulfonamides is 1. The average molecular weight is 276 g/mol. The highest BCUT2D eigenvalue weighted by Gasteiger charge is 2.18. The van der Waals surface area contributed by atoms with Crippen LogP contribution in [-0.2, 0) is 10.0 Å². The zero-order valence-corrected chi connectivity index (χ0v) is 10.3. The number of aromatic amines is 1. The maximum atomic E-state index is 12.1. The highest BCUT2D eigenvalue weighted by molar-refractivity contribution is 7.92. The molecule has 0 aliphatic rings. The molecular formula is C11H8N4O3S. The molecule has 1 aromatic carbocycles. The van der Waals surface area contributed by atoms with Gasteiger partial charge in [0, 0.05) is 6.07 Å². The van der Waals surface area contributed by atoms with E-state index < -0.39 is 15.6 Å². The number of aromatic nitrogens is 2. The molecule has 0 saturated heterocycles. The number of anilines is 1. The molecule has 0 fully saturated rings. The molecule has 7 nitrogen and oxygen atoms in total. The van der Waals surface area contributed by atoms with Crippen LogP contribution in [0.25, 0.3) is 0 Å². The molecule has 0 unspecified atom stereocenters. The van der Waals surface area contributed by atoms with Crippen molar-refractivity contribution in [1.29, 1.82) is 5.26 Å². The zero-order valence-electron chi connectivity index (χ0n) is 9.49. The number of rotatable bonds is 3. The minimum absolute atomic E-state index is 0.0272. The van der Waals surface area contributed by atoms with Gasteiger partial charge in [0.1, 0.15) is 11.0 Å². The molecule has 2 rings (SSSR count). The molecule has 0 saturated carbocycles. The number of nitrogens with zero attached hydrogens (tertiary/aromatic N) is 2. The summed E-state index contributed by atoms with van der Waals surface area (Å²) in [6.07, 6.45) is 0. The van der Waals surface area contributed by atoms with Crippen LogP contribution in [0.15, 0.2) is 46.1 Å². The molecule has 8 heteroatoms. The van der Waals surface area contributed by atoms with Crippen molar-refractivity contribution in [1.82, 2.24) is 10.2 Å². The van der Waals surface area contributed by atoms with Crippen LogP contribution in [0.1, 0.15) is 5.56 Å². The number of hydrogen-bond donors (Lipinski definition) is 2. The van der Waals surface area contributed by atoms with Crippen LogP contribution in [0.3, 0.4) is 0 Å². The maximum absolute atomic E-state index is 12.1. The van der Waals surface area contributed by atoms with Crippen molar-refractivity contribution in [2.75, 3.05) is 4.72 Å².